The molecule has 0 spiro atoms. The monoisotopic (exact) mass is 175 g/mol. The molecule has 0 unspecified atom stereocenters. The number of nitrogens with one attached hydrogen (secondary N) is 1. The van der Waals surface area contributed by atoms with Crippen molar-refractivity contribution in [3.05, 3.63) is 35.4 Å². The normalized spacial score (nSPS) is 8.92. The Morgan fingerprint density at radius 1 is 1.62 bits per heavy atom. The summed E-state index contributed by atoms with van der Waals surface area (Å²) >= 11 is 0. The van der Waals surface area contributed by atoms with Crippen molar-refractivity contribution in [2.75, 3.05) is 0 Å². The molecule has 1 rings (SSSR count). The fraction of sp³-hybridized carbons (Fsp3) is 0.111. The zero-order chi connectivity index (χ0) is 9.68. The average molecular weight is 175 g/mol. The highest BCUT2D eigenvalue weighted by Gasteiger charge is 2.02. The number of hydrogen-bond acceptors (Lipinski definition) is 3. The second-order valence-corrected chi connectivity index (χ2v) is 2.51. The number of benzene rings is 1. The van der Waals surface area contributed by atoms with E-state index in [2.05, 4.69) is 0 Å². The van der Waals surface area contributed by atoms with Crippen molar-refractivity contribution >= 4 is 5.91 Å². The van der Waals surface area contributed by atoms with Gasteiger partial charge >= 0.3 is 0 Å². The lowest BCUT2D eigenvalue weighted by Gasteiger charge is -2.00. The number of nitriles is 1. The molecule has 0 aliphatic rings. The number of carbonyl (C=O) groups excluding carboxylic acids is 1. The van der Waals surface area contributed by atoms with Gasteiger partial charge in [-0.3, -0.25) is 10.2 Å². The van der Waals surface area contributed by atoms with Crippen molar-refractivity contribution in [2.24, 2.45) is 5.84 Å². The van der Waals surface area contributed by atoms with Gasteiger partial charge in [-0.2, -0.15) is 5.26 Å². The summed E-state index contributed by atoms with van der Waals surface area (Å²) in [5.74, 6) is 4.62. The Bertz CT molecular complexity index is 354. The first kappa shape index (κ1) is 9.23. The summed E-state index contributed by atoms with van der Waals surface area (Å²) in [5, 5.41) is 8.43. The van der Waals surface area contributed by atoms with E-state index in [9.17, 15) is 4.79 Å². The van der Waals surface area contributed by atoms with Crippen molar-refractivity contribution in [1.29, 1.82) is 5.26 Å². The summed E-state index contributed by atoms with van der Waals surface area (Å²) < 4.78 is 0. The highest BCUT2D eigenvalue weighted by Crippen LogP contribution is 2.05. The maximum atomic E-state index is 11.1. The lowest BCUT2D eigenvalue weighted by Crippen LogP contribution is -2.29. The van der Waals surface area contributed by atoms with Gasteiger partial charge in [-0.1, -0.05) is 12.1 Å². The van der Waals surface area contributed by atoms with E-state index in [-0.39, 0.29) is 5.91 Å². The van der Waals surface area contributed by atoms with Crippen molar-refractivity contribution in [3.63, 3.8) is 0 Å². The van der Waals surface area contributed by atoms with Gasteiger partial charge in [0.2, 0.25) is 0 Å². The predicted molar refractivity (Wildman–Crippen MR) is 47.4 cm³/mol. The molecule has 0 aliphatic heterocycles. The Morgan fingerprint density at radius 2 is 2.38 bits per heavy atom. The standard InChI is InChI=1S/C9H9N3O/c10-5-4-7-2-1-3-8(6-7)9(13)12-11/h1-3,6H,4,11H2,(H,12,13). The third kappa shape index (κ3) is 2.29. The molecule has 1 aromatic rings. The van der Waals surface area contributed by atoms with E-state index >= 15 is 0 Å². The number of nitrogens with zero attached hydrogens (tertiary/aromatic N) is 1. The molecule has 0 saturated carbocycles. The fourth-order valence-electron chi connectivity index (χ4n) is 0.997. The number of nitrogens with two attached hydrogens (primary N) is 1. The molecule has 13 heavy (non-hydrogen) atoms. The van der Waals surface area contributed by atoms with E-state index in [0.717, 1.165) is 5.56 Å². The van der Waals surface area contributed by atoms with Crippen LogP contribution in [-0.4, -0.2) is 5.91 Å². The number of nitrogen functional groups attached to an aromatic ring is 1. The van der Waals surface area contributed by atoms with Gasteiger partial charge in [-0.05, 0) is 17.7 Å². The number of hydrazine groups is 1. The van der Waals surface area contributed by atoms with Gasteiger partial charge < -0.3 is 0 Å². The van der Waals surface area contributed by atoms with Crippen LogP contribution < -0.4 is 11.3 Å². The molecule has 4 heteroatoms. The molecule has 1 aromatic carbocycles. The molecular weight excluding hydrogens is 166 g/mol. The first-order valence-corrected chi connectivity index (χ1v) is 3.74. The molecular formula is C9H9N3O. The third-order valence-corrected chi connectivity index (χ3v) is 1.60. The molecule has 0 saturated heterocycles. The minimum absolute atomic E-state index is 0.297. The summed E-state index contributed by atoms with van der Waals surface area (Å²) in [6, 6.07) is 8.80. The largest absolute Gasteiger partial charge is 0.290 e. The van der Waals surface area contributed by atoms with Crippen LogP contribution in [0.4, 0.5) is 0 Å². The van der Waals surface area contributed by atoms with Gasteiger partial charge in [-0.15, -0.1) is 0 Å². The number of amides is 1. The maximum Gasteiger partial charge on any atom is 0.265 e. The quantitative estimate of drug-likeness (QED) is 0.387. The van der Waals surface area contributed by atoms with Gasteiger partial charge in [0.25, 0.3) is 5.91 Å². The van der Waals surface area contributed by atoms with Crippen LogP contribution in [0.25, 0.3) is 0 Å². The van der Waals surface area contributed by atoms with Crippen molar-refractivity contribution in [1.82, 2.24) is 5.43 Å². The molecule has 0 heterocycles. The van der Waals surface area contributed by atoms with Crippen LogP contribution in [-0.2, 0) is 6.42 Å². The smallest absolute Gasteiger partial charge is 0.265 e. The highest BCUT2D eigenvalue weighted by molar-refractivity contribution is 5.93. The second kappa shape index (κ2) is 4.24. The molecule has 0 bridgehead atoms. The van der Waals surface area contributed by atoms with Gasteiger partial charge in [0.1, 0.15) is 0 Å². The van der Waals surface area contributed by atoms with Crippen LogP contribution in [0.2, 0.25) is 0 Å². The Kier molecular flexibility index (Phi) is 3.01. The predicted octanol–water partition coefficient (Wildman–Crippen LogP) is 0.356. The highest BCUT2D eigenvalue weighted by atomic mass is 16.2. The maximum absolute atomic E-state index is 11.1. The molecule has 0 aliphatic carbocycles. The zero-order valence-corrected chi connectivity index (χ0v) is 6.95. The van der Waals surface area contributed by atoms with Crippen LogP contribution in [0.5, 0.6) is 0 Å². The van der Waals surface area contributed by atoms with Crippen LogP contribution in [0, 0.1) is 11.3 Å². The Balaban J connectivity index is 2.93. The van der Waals surface area contributed by atoms with E-state index in [4.69, 9.17) is 11.1 Å². The van der Waals surface area contributed by atoms with Gasteiger partial charge in [0, 0.05) is 5.56 Å². The lowest BCUT2D eigenvalue weighted by molar-refractivity contribution is 0.0953. The summed E-state index contributed by atoms with van der Waals surface area (Å²) in [6.45, 7) is 0. The summed E-state index contributed by atoms with van der Waals surface area (Å²) in [7, 11) is 0. The van der Waals surface area contributed by atoms with E-state index in [1.54, 1.807) is 24.3 Å². The van der Waals surface area contributed by atoms with Crippen LogP contribution >= 0.6 is 0 Å². The average Bonchev–Trinajstić information content (AvgIpc) is 2.18. The van der Waals surface area contributed by atoms with Crippen molar-refractivity contribution < 1.29 is 4.79 Å². The van der Waals surface area contributed by atoms with Crippen molar-refractivity contribution in [3.8, 4) is 6.07 Å². The van der Waals surface area contributed by atoms with Gasteiger partial charge in [0.15, 0.2) is 0 Å². The Morgan fingerprint density at radius 3 is 3.00 bits per heavy atom. The summed E-state index contributed by atoms with van der Waals surface area (Å²) in [6.07, 6.45) is 0.297. The molecule has 0 radical (unpaired) electrons. The van der Waals surface area contributed by atoms with Crippen LogP contribution in [0.1, 0.15) is 15.9 Å². The second-order valence-electron chi connectivity index (χ2n) is 2.51. The van der Waals surface area contributed by atoms with Crippen molar-refractivity contribution in [2.45, 2.75) is 6.42 Å². The zero-order valence-electron chi connectivity index (χ0n) is 6.95. The fourth-order valence-corrected chi connectivity index (χ4v) is 0.997. The topological polar surface area (TPSA) is 78.9 Å². The summed E-state index contributed by atoms with van der Waals surface area (Å²) in [4.78, 5) is 11.1. The Labute approximate surface area is 75.9 Å². The first-order chi connectivity index (χ1) is 6.27. The third-order valence-electron chi connectivity index (χ3n) is 1.60. The van der Waals surface area contributed by atoms with E-state index in [0.29, 0.717) is 12.0 Å². The molecule has 0 atom stereocenters. The molecule has 4 nitrogen and oxygen atoms in total. The SMILES string of the molecule is N#CCc1cccc(C(=O)NN)c1. The van der Waals surface area contributed by atoms with Gasteiger partial charge in [-0.25, -0.2) is 5.84 Å². The van der Waals surface area contributed by atoms with Crippen LogP contribution in [0.3, 0.4) is 0 Å². The molecule has 0 aromatic heterocycles. The van der Waals surface area contributed by atoms with E-state index in [1.807, 2.05) is 11.5 Å². The number of hydrogen-bond donors (Lipinski definition) is 2. The lowest BCUT2D eigenvalue weighted by atomic mass is 10.1. The number of carbonyl (C=O) groups is 1. The minimum Gasteiger partial charge on any atom is -0.290 e. The minimum atomic E-state index is -0.347. The molecule has 66 valence electrons. The number of rotatable bonds is 2. The summed E-state index contributed by atoms with van der Waals surface area (Å²) in [5.41, 5.74) is 3.31. The molecule has 1 amide bonds. The Hall–Kier alpha value is -1.86. The van der Waals surface area contributed by atoms with E-state index in [1.165, 1.54) is 0 Å². The van der Waals surface area contributed by atoms with E-state index < -0.39 is 0 Å². The molecule has 3 N–H and O–H groups in total. The first-order valence-electron chi connectivity index (χ1n) is 3.74. The molecule has 0 fully saturated rings. The van der Waals surface area contributed by atoms with Gasteiger partial charge in [0.05, 0.1) is 12.5 Å². The van der Waals surface area contributed by atoms with Crippen LogP contribution in [0.15, 0.2) is 24.3 Å².